The molecule has 2 aromatic carbocycles. The summed E-state index contributed by atoms with van der Waals surface area (Å²) in [5, 5.41) is 3.58. The fourth-order valence-corrected chi connectivity index (χ4v) is 4.03. The van der Waals surface area contributed by atoms with E-state index in [0.29, 0.717) is 40.7 Å². The molecule has 4 rings (SSSR count). The number of pyridine rings is 1. The summed E-state index contributed by atoms with van der Waals surface area (Å²) in [6.45, 7) is 2.61. The molecule has 1 aromatic heterocycles. The Labute approximate surface area is 187 Å². The Morgan fingerprint density at radius 1 is 1.15 bits per heavy atom. The second-order valence-corrected chi connectivity index (χ2v) is 8.31. The number of carbonyl (C=O) groups excluding carboxylic acids is 1. The lowest BCUT2D eigenvalue weighted by atomic mass is 9.92. The molecular weight excluding hydrogens is 441 g/mol. The summed E-state index contributed by atoms with van der Waals surface area (Å²) in [5.74, 6) is -0.212. The van der Waals surface area contributed by atoms with E-state index in [2.05, 4.69) is 10.3 Å². The SMILES string of the molecule is CC(NC(=O)c1cnc2c(-c3ccc(C(F)(F)F)cc3)cccc2c1)C1CN(CC(F)F)C1. The van der Waals surface area contributed by atoms with Crippen molar-refractivity contribution < 1.29 is 26.7 Å². The van der Waals surface area contributed by atoms with E-state index in [1.54, 1.807) is 29.2 Å². The van der Waals surface area contributed by atoms with Crippen molar-refractivity contribution in [3.05, 3.63) is 65.9 Å². The average molecular weight is 463 g/mol. The van der Waals surface area contributed by atoms with Gasteiger partial charge >= 0.3 is 6.18 Å². The van der Waals surface area contributed by atoms with Gasteiger partial charge in [-0.15, -0.1) is 0 Å². The highest BCUT2D eigenvalue weighted by atomic mass is 19.4. The van der Waals surface area contributed by atoms with Gasteiger partial charge in [0.2, 0.25) is 0 Å². The first kappa shape index (κ1) is 23.1. The number of hydrogen-bond acceptors (Lipinski definition) is 3. The van der Waals surface area contributed by atoms with Crippen molar-refractivity contribution in [1.82, 2.24) is 15.2 Å². The minimum atomic E-state index is -4.41. The van der Waals surface area contributed by atoms with Crippen LogP contribution >= 0.6 is 0 Å². The van der Waals surface area contributed by atoms with Crippen LogP contribution in [0.2, 0.25) is 0 Å². The first-order valence-electron chi connectivity index (χ1n) is 10.5. The number of halogens is 5. The highest BCUT2D eigenvalue weighted by molar-refractivity contribution is 6.00. The van der Waals surface area contributed by atoms with Gasteiger partial charge in [0.25, 0.3) is 12.3 Å². The number of benzene rings is 2. The minimum absolute atomic E-state index is 0.104. The fourth-order valence-electron chi connectivity index (χ4n) is 4.03. The molecule has 3 aromatic rings. The summed E-state index contributed by atoms with van der Waals surface area (Å²) in [6.07, 6.45) is -5.34. The standard InChI is InChI=1S/C24H22F5N3O/c1-14(18-11-32(12-18)13-21(25)26)31-23(33)17-9-16-3-2-4-20(22(16)30-10-17)15-5-7-19(8-6-15)24(27,28)29/h2-10,14,18,21H,11-13H2,1H3,(H,31,33). The molecule has 174 valence electrons. The maximum atomic E-state index is 12.8. The zero-order chi connectivity index (χ0) is 23.8. The lowest BCUT2D eigenvalue weighted by Crippen LogP contribution is -2.56. The molecule has 1 fully saturated rings. The van der Waals surface area contributed by atoms with E-state index < -0.39 is 18.2 Å². The summed E-state index contributed by atoms with van der Waals surface area (Å²) >= 11 is 0. The zero-order valence-electron chi connectivity index (χ0n) is 17.7. The molecule has 0 aliphatic carbocycles. The molecule has 1 N–H and O–H groups in total. The highest BCUT2D eigenvalue weighted by Crippen LogP contribution is 2.33. The van der Waals surface area contributed by atoms with Crippen molar-refractivity contribution in [3.63, 3.8) is 0 Å². The maximum Gasteiger partial charge on any atom is 0.416 e. The Morgan fingerprint density at radius 2 is 1.85 bits per heavy atom. The number of likely N-dealkylation sites (tertiary alicyclic amines) is 1. The van der Waals surface area contributed by atoms with E-state index >= 15 is 0 Å². The molecule has 1 amide bonds. The second kappa shape index (κ2) is 9.05. The predicted octanol–water partition coefficient (Wildman–Crippen LogP) is 5.24. The monoisotopic (exact) mass is 463 g/mol. The Morgan fingerprint density at radius 3 is 2.48 bits per heavy atom. The van der Waals surface area contributed by atoms with Crippen LogP contribution in [0.25, 0.3) is 22.0 Å². The van der Waals surface area contributed by atoms with Crippen LogP contribution in [0.1, 0.15) is 22.8 Å². The maximum absolute atomic E-state index is 12.8. The van der Waals surface area contributed by atoms with Gasteiger partial charge in [-0.2, -0.15) is 13.2 Å². The van der Waals surface area contributed by atoms with E-state index in [1.807, 2.05) is 6.92 Å². The van der Waals surface area contributed by atoms with Gasteiger partial charge in [-0.25, -0.2) is 8.78 Å². The predicted molar refractivity (Wildman–Crippen MR) is 115 cm³/mol. The topological polar surface area (TPSA) is 45.2 Å². The summed E-state index contributed by atoms with van der Waals surface area (Å²) in [5.41, 5.74) is 1.45. The van der Waals surface area contributed by atoms with E-state index in [-0.39, 0.29) is 24.4 Å². The molecule has 1 aliphatic heterocycles. The number of alkyl halides is 5. The fraction of sp³-hybridized carbons (Fsp3) is 0.333. The third kappa shape index (κ3) is 5.13. The second-order valence-electron chi connectivity index (χ2n) is 8.31. The third-order valence-electron chi connectivity index (χ3n) is 5.94. The summed E-state index contributed by atoms with van der Waals surface area (Å²) < 4.78 is 63.4. The summed E-state index contributed by atoms with van der Waals surface area (Å²) in [7, 11) is 0. The van der Waals surface area contributed by atoms with Crippen molar-refractivity contribution in [2.45, 2.75) is 25.6 Å². The van der Waals surface area contributed by atoms with Gasteiger partial charge in [0, 0.05) is 42.2 Å². The van der Waals surface area contributed by atoms with Crippen LogP contribution in [0.15, 0.2) is 54.7 Å². The smallest absolute Gasteiger partial charge is 0.349 e. The van der Waals surface area contributed by atoms with Gasteiger partial charge in [-0.05, 0) is 30.7 Å². The number of nitrogens with zero attached hydrogens (tertiary/aromatic N) is 2. The van der Waals surface area contributed by atoms with Crippen molar-refractivity contribution in [2.24, 2.45) is 5.92 Å². The average Bonchev–Trinajstić information content (AvgIpc) is 2.74. The lowest BCUT2D eigenvalue weighted by molar-refractivity contribution is -0.137. The van der Waals surface area contributed by atoms with Crippen LogP contribution in [0.5, 0.6) is 0 Å². The molecule has 1 atom stereocenters. The van der Waals surface area contributed by atoms with Crippen LogP contribution in [0.4, 0.5) is 22.0 Å². The lowest BCUT2D eigenvalue weighted by Gasteiger charge is -2.42. The number of carbonyl (C=O) groups is 1. The molecular formula is C24H22F5N3O. The van der Waals surface area contributed by atoms with Crippen LogP contribution in [0.3, 0.4) is 0 Å². The van der Waals surface area contributed by atoms with E-state index in [0.717, 1.165) is 12.1 Å². The van der Waals surface area contributed by atoms with Crippen molar-refractivity contribution in [2.75, 3.05) is 19.6 Å². The van der Waals surface area contributed by atoms with Crippen molar-refractivity contribution in [1.29, 1.82) is 0 Å². The quantitative estimate of drug-likeness (QED) is 0.509. The summed E-state index contributed by atoms with van der Waals surface area (Å²) in [4.78, 5) is 18.8. The molecule has 0 saturated carbocycles. The highest BCUT2D eigenvalue weighted by Gasteiger charge is 2.33. The number of nitrogens with one attached hydrogen (secondary N) is 1. The number of para-hydroxylation sites is 1. The Balaban J connectivity index is 1.48. The van der Waals surface area contributed by atoms with Gasteiger partial charge in [-0.3, -0.25) is 14.7 Å². The van der Waals surface area contributed by atoms with Crippen LogP contribution < -0.4 is 5.32 Å². The first-order valence-corrected chi connectivity index (χ1v) is 10.5. The van der Waals surface area contributed by atoms with E-state index in [1.165, 1.54) is 18.3 Å². The van der Waals surface area contributed by atoms with Gasteiger partial charge in [0.05, 0.1) is 23.2 Å². The molecule has 0 spiro atoms. The molecule has 4 nitrogen and oxygen atoms in total. The Bertz CT molecular complexity index is 1140. The first-order chi connectivity index (χ1) is 15.6. The molecule has 2 heterocycles. The number of fused-ring (bicyclic) bond motifs is 1. The van der Waals surface area contributed by atoms with Crippen molar-refractivity contribution in [3.8, 4) is 11.1 Å². The zero-order valence-corrected chi connectivity index (χ0v) is 17.7. The third-order valence-corrected chi connectivity index (χ3v) is 5.94. The number of rotatable bonds is 6. The molecule has 0 bridgehead atoms. The van der Waals surface area contributed by atoms with Crippen LogP contribution in [-0.4, -0.2) is 47.9 Å². The number of amides is 1. The molecule has 33 heavy (non-hydrogen) atoms. The molecule has 9 heteroatoms. The van der Waals surface area contributed by atoms with Gasteiger partial charge in [0.1, 0.15) is 0 Å². The molecule has 0 radical (unpaired) electrons. The Kier molecular flexibility index (Phi) is 6.34. The molecule has 1 unspecified atom stereocenters. The number of hydrogen-bond donors (Lipinski definition) is 1. The normalized spacial score (nSPS) is 16.1. The molecule has 1 aliphatic rings. The van der Waals surface area contributed by atoms with Gasteiger partial charge in [-0.1, -0.05) is 30.3 Å². The van der Waals surface area contributed by atoms with Gasteiger partial charge in [0.15, 0.2) is 0 Å². The largest absolute Gasteiger partial charge is 0.416 e. The van der Waals surface area contributed by atoms with E-state index in [9.17, 15) is 26.7 Å². The minimum Gasteiger partial charge on any atom is -0.349 e. The van der Waals surface area contributed by atoms with Crippen LogP contribution in [-0.2, 0) is 6.18 Å². The number of aromatic nitrogens is 1. The van der Waals surface area contributed by atoms with Crippen molar-refractivity contribution >= 4 is 16.8 Å². The Hall–Kier alpha value is -3.07. The van der Waals surface area contributed by atoms with Crippen LogP contribution in [0, 0.1) is 5.92 Å². The summed E-state index contributed by atoms with van der Waals surface area (Å²) in [6, 6.07) is 11.7. The van der Waals surface area contributed by atoms with E-state index in [4.69, 9.17) is 0 Å². The van der Waals surface area contributed by atoms with Gasteiger partial charge < -0.3 is 5.32 Å². The molecule has 1 saturated heterocycles.